The van der Waals surface area contributed by atoms with Crippen LogP contribution < -0.4 is 5.73 Å². The number of amides is 1. The van der Waals surface area contributed by atoms with Gasteiger partial charge in [0.05, 0.1) is 6.54 Å². The van der Waals surface area contributed by atoms with Crippen molar-refractivity contribution in [2.24, 2.45) is 23.5 Å². The van der Waals surface area contributed by atoms with Crippen molar-refractivity contribution in [1.29, 1.82) is 0 Å². The molecule has 2 fully saturated rings. The van der Waals surface area contributed by atoms with Crippen molar-refractivity contribution in [1.82, 2.24) is 4.90 Å². The highest BCUT2D eigenvalue weighted by Gasteiger charge is 2.57. The second-order valence-electron chi connectivity index (χ2n) is 6.18. The van der Waals surface area contributed by atoms with Gasteiger partial charge >= 0.3 is 0 Å². The Kier molecular flexibility index (Phi) is 3.98. The van der Waals surface area contributed by atoms with Crippen molar-refractivity contribution in [3.05, 3.63) is 35.4 Å². The van der Waals surface area contributed by atoms with Gasteiger partial charge in [0.15, 0.2) is 0 Å². The van der Waals surface area contributed by atoms with Crippen molar-refractivity contribution >= 4 is 5.91 Å². The monoisotopic (exact) mass is 282 g/mol. The molecule has 0 heterocycles. The summed E-state index contributed by atoms with van der Waals surface area (Å²) in [6, 6.07) is 8.06. The molecule has 0 spiro atoms. The highest BCUT2D eigenvalue weighted by molar-refractivity contribution is 5.82. The van der Waals surface area contributed by atoms with Crippen LogP contribution in [0.15, 0.2) is 24.3 Å². The number of hydrogen-bond donors (Lipinski definition) is 1. The number of rotatable bonds is 3. The molecule has 2 aliphatic carbocycles. The molecule has 0 aromatic heterocycles. The lowest BCUT2D eigenvalue weighted by atomic mass is 10.1. The van der Waals surface area contributed by atoms with Crippen molar-refractivity contribution in [2.45, 2.75) is 25.8 Å². The van der Waals surface area contributed by atoms with Crippen LogP contribution in [0.2, 0.25) is 0 Å². The fourth-order valence-corrected chi connectivity index (χ4v) is 3.64. The van der Waals surface area contributed by atoms with Crippen LogP contribution in [-0.2, 0) is 11.3 Å². The minimum atomic E-state index is 0.318. The molecule has 21 heavy (non-hydrogen) atoms. The Hall–Kier alpha value is -1.79. The molecule has 3 heteroatoms. The lowest BCUT2D eigenvalue weighted by Crippen LogP contribution is -2.29. The lowest BCUT2D eigenvalue weighted by Gasteiger charge is -2.18. The van der Waals surface area contributed by atoms with Gasteiger partial charge in [-0.25, -0.2) is 0 Å². The summed E-state index contributed by atoms with van der Waals surface area (Å²) in [4.78, 5) is 14.3. The molecule has 1 aromatic rings. The number of nitrogens with zero attached hydrogens (tertiary/aromatic N) is 1. The molecule has 2 aliphatic rings. The van der Waals surface area contributed by atoms with E-state index in [1.807, 2.05) is 36.2 Å². The third-order valence-corrected chi connectivity index (χ3v) is 4.78. The van der Waals surface area contributed by atoms with E-state index in [1.54, 1.807) is 0 Å². The Morgan fingerprint density at radius 3 is 2.57 bits per heavy atom. The van der Waals surface area contributed by atoms with E-state index in [4.69, 9.17) is 5.73 Å². The summed E-state index contributed by atoms with van der Waals surface area (Å²) in [5.41, 5.74) is 7.48. The van der Waals surface area contributed by atoms with Crippen molar-refractivity contribution in [3.8, 4) is 11.8 Å². The van der Waals surface area contributed by atoms with Crippen molar-refractivity contribution in [3.63, 3.8) is 0 Å². The van der Waals surface area contributed by atoms with Crippen molar-refractivity contribution in [2.75, 3.05) is 13.6 Å². The normalized spacial score (nSPS) is 25.7. The molecule has 2 saturated carbocycles. The molecule has 2 atom stereocenters. The fraction of sp³-hybridized carbons (Fsp3) is 0.500. The summed E-state index contributed by atoms with van der Waals surface area (Å²) in [6.07, 6.45) is 3.82. The fourth-order valence-electron chi connectivity index (χ4n) is 3.64. The molecule has 0 radical (unpaired) electrons. The van der Waals surface area contributed by atoms with Crippen LogP contribution in [0.3, 0.4) is 0 Å². The van der Waals surface area contributed by atoms with Gasteiger partial charge in [0, 0.05) is 25.1 Å². The first-order chi connectivity index (χ1) is 10.2. The molecule has 3 nitrogen and oxygen atoms in total. The van der Waals surface area contributed by atoms with Crippen LogP contribution in [0, 0.1) is 29.6 Å². The molecule has 110 valence electrons. The average molecular weight is 282 g/mol. The number of nitrogens with two attached hydrogens (primary N) is 1. The largest absolute Gasteiger partial charge is 0.341 e. The topological polar surface area (TPSA) is 46.3 Å². The third kappa shape index (κ3) is 2.96. The van der Waals surface area contributed by atoms with Crippen molar-refractivity contribution < 1.29 is 4.79 Å². The van der Waals surface area contributed by atoms with Gasteiger partial charge in [-0.2, -0.15) is 0 Å². The molecule has 1 amide bonds. The SMILES string of the molecule is CN(Cc1ccc(C#CCN)cc1)C(=O)C1C2CCCC21. The van der Waals surface area contributed by atoms with Gasteiger partial charge in [-0.1, -0.05) is 30.4 Å². The van der Waals surface area contributed by atoms with E-state index in [1.165, 1.54) is 19.3 Å². The van der Waals surface area contributed by atoms with Gasteiger partial charge in [0.1, 0.15) is 0 Å². The molecule has 1 aromatic carbocycles. The first-order valence-electron chi connectivity index (χ1n) is 7.73. The zero-order valence-electron chi connectivity index (χ0n) is 12.5. The number of fused-ring (bicyclic) bond motifs is 1. The molecular weight excluding hydrogens is 260 g/mol. The number of hydrogen-bond acceptors (Lipinski definition) is 2. The zero-order chi connectivity index (χ0) is 14.8. The Labute approximate surface area is 126 Å². The summed E-state index contributed by atoms with van der Waals surface area (Å²) < 4.78 is 0. The number of benzene rings is 1. The van der Waals surface area contributed by atoms with E-state index in [-0.39, 0.29) is 0 Å². The molecule has 0 bridgehead atoms. The molecule has 0 aliphatic heterocycles. The van der Waals surface area contributed by atoms with Gasteiger partial charge in [-0.05, 0) is 42.4 Å². The summed E-state index contributed by atoms with van der Waals surface area (Å²) in [6.45, 7) is 1.06. The smallest absolute Gasteiger partial charge is 0.226 e. The van der Waals surface area contributed by atoms with E-state index in [0.29, 0.717) is 36.8 Å². The van der Waals surface area contributed by atoms with Gasteiger partial charge in [-0.15, -0.1) is 0 Å². The Morgan fingerprint density at radius 2 is 1.95 bits per heavy atom. The van der Waals surface area contributed by atoms with E-state index < -0.39 is 0 Å². The van der Waals surface area contributed by atoms with E-state index in [0.717, 1.165) is 11.1 Å². The van der Waals surface area contributed by atoms with Gasteiger partial charge in [0.2, 0.25) is 5.91 Å². The molecule has 0 saturated heterocycles. The Balaban J connectivity index is 1.57. The van der Waals surface area contributed by atoms with Crippen LogP contribution in [0.25, 0.3) is 0 Å². The second kappa shape index (κ2) is 5.91. The second-order valence-corrected chi connectivity index (χ2v) is 6.18. The van der Waals surface area contributed by atoms with Crippen LogP contribution in [0.5, 0.6) is 0 Å². The van der Waals surface area contributed by atoms with Gasteiger partial charge in [-0.3, -0.25) is 4.79 Å². The maximum atomic E-state index is 12.4. The standard InChI is InChI=1S/C18H22N2O/c1-20(18(21)17-15-5-2-6-16(15)17)12-14-9-7-13(8-10-14)4-3-11-19/h7-10,15-17H,2,5-6,11-12,19H2,1H3. The van der Waals surface area contributed by atoms with Crippen LogP contribution in [0.1, 0.15) is 30.4 Å². The lowest BCUT2D eigenvalue weighted by molar-refractivity contribution is -0.132. The average Bonchev–Trinajstić information content (AvgIpc) is 2.97. The van der Waals surface area contributed by atoms with E-state index >= 15 is 0 Å². The molecule has 2 N–H and O–H groups in total. The van der Waals surface area contributed by atoms with Gasteiger partial charge in [0.25, 0.3) is 0 Å². The summed E-state index contributed by atoms with van der Waals surface area (Å²) in [5.74, 6) is 7.87. The molecule has 2 unspecified atom stereocenters. The van der Waals surface area contributed by atoms with Crippen LogP contribution >= 0.6 is 0 Å². The quantitative estimate of drug-likeness (QED) is 0.862. The maximum absolute atomic E-state index is 12.4. The van der Waals surface area contributed by atoms with Crippen LogP contribution in [0.4, 0.5) is 0 Å². The first kappa shape index (κ1) is 14.2. The highest BCUT2D eigenvalue weighted by Crippen LogP contribution is 2.58. The minimum Gasteiger partial charge on any atom is -0.341 e. The van der Waals surface area contributed by atoms with E-state index in [9.17, 15) is 4.79 Å². The number of carbonyl (C=O) groups is 1. The van der Waals surface area contributed by atoms with E-state index in [2.05, 4.69) is 11.8 Å². The van der Waals surface area contributed by atoms with Gasteiger partial charge < -0.3 is 10.6 Å². The Morgan fingerprint density at radius 1 is 1.29 bits per heavy atom. The minimum absolute atomic E-state index is 0.318. The predicted octanol–water partition coefficient (Wildman–Crippen LogP) is 2.00. The van der Waals surface area contributed by atoms with Crippen LogP contribution in [-0.4, -0.2) is 24.4 Å². The highest BCUT2D eigenvalue weighted by atomic mass is 16.2. The molecule has 3 rings (SSSR count). The summed E-state index contributed by atoms with van der Waals surface area (Å²) in [5, 5.41) is 0. The summed E-state index contributed by atoms with van der Waals surface area (Å²) in [7, 11) is 1.92. The predicted molar refractivity (Wildman–Crippen MR) is 83.2 cm³/mol. The summed E-state index contributed by atoms with van der Waals surface area (Å²) >= 11 is 0. The zero-order valence-corrected chi connectivity index (χ0v) is 12.5. The number of carbonyl (C=O) groups excluding carboxylic acids is 1. The maximum Gasteiger partial charge on any atom is 0.226 e. The molecular formula is C18H22N2O. The Bertz CT molecular complexity index is 571. The third-order valence-electron chi connectivity index (χ3n) is 4.78. The first-order valence-corrected chi connectivity index (χ1v) is 7.73.